The first-order valence-corrected chi connectivity index (χ1v) is 4.23. The summed E-state index contributed by atoms with van der Waals surface area (Å²) in [7, 11) is 3.87. The third-order valence-corrected chi connectivity index (χ3v) is 2.00. The van der Waals surface area contributed by atoms with Gasteiger partial charge in [-0.25, -0.2) is 0 Å². The van der Waals surface area contributed by atoms with Gasteiger partial charge in [0.2, 0.25) is 0 Å². The molecule has 14 heavy (non-hydrogen) atoms. The summed E-state index contributed by atoms with van der Waals surface area (Å²) in [5, 5.41) is 4.22. The average molecular weight is 301 g/mol. The van der Waals surface area contributed by atoms with E-state index in [1.165, 1.54) is 5.56 Å². The van der Waals surface area contributed by atoms with E-state index in [0.29, 0.717) is 0 Å². The maximum absolute atomic E-state index is 4.22. The highest BCUT2D eigenvalue weighted by Gasteiger charge is 2.10. The zero-order valence-electron chi connectivity index (χ0n) is 8.18. The van der Waals surface area contributed by atoms with Crippen LogP contribution in [0.3, 0.4) is 0 Å². The van der Waals surface area contributed by atoms with Gasteiger partial charge >= 0.3 is 0 Å². The summed E-state index contributed by atoms with van der Waals surface area (Å²) >= 11 is 0. The van der Waals surface area contributed by atoms with Crippen molar-refractivity contribution in [2.24, 2.45) is 14.1 Å². The lowest BCUT2D eigenvalue weighted by molar-refractivity contribution is -0.732. The van der Waals surface area contributed by atoms with Gasteiger partial charge in [0.05, 0.1) is 5.21 Å². The molecule has 0 atom stereocenters. The molecular formula is C10H12IN3. The fourth-order valence-corrected chi connectivity index (χ4v) is 1.42. The maximum atomic E-state index is 4.22. The Kier molecular flexibility index (Phi) is 3.62. The first kappa shape index (κ1) is 11.2. The Morgan fingerprint density at radius 2 is 1.86 bits per heavy atom. The van der Waals surface area contributed by atoms with Gasteiger partial charge in [0, 0.05) is 5.56 Å². The molecule has 0 radical (unpaired) electrons. The van der Waals surface area contributed by atoms with Crippen LogP contribution in [0.2, 0.25) is 0 Å². The van der Waals surface area contributed by atoms with E-state index in [2.05, 4.69) is 17.3 Å². The summed E-state index contributed by atoms with van der Waals surface area (Å²) in [4.78, 5) is 0. The summed E-state index contributed by atoms with van der Waals surface area (Å²) in [5.41, 5.74) is 2.32. The number of nitrogens with zero attached hydrogens (tertiary/aromatic N) is 3. The zero-order chi connectivity index (χ0) is 9.26. The Bertz CT molecular complexity index is 409. The van der Waals surface area contributed by atoms with E-state index in [0.717, 1.165) is 5.69 Å². The molecule has 1 aromatic carbocycles. The third-order valence-electron chi connectivity index (χ3n) is 2.00. The minimum atomic E-state index is 0. The summed E-state index contributed by atoms with van der Waals surface area (Å²) in [6.45, 7) is 0. The highest BCUT2D eigenvalue weighted by Crippen LogP contribution is 2.14. The van der Waals surface area contributed by atoms with Crippen LogP contribution < -0.4 is 28.7 Å². The molecule has 0 unspecified atom stereocenters. The molecule has 0 bridgehead atoms. The van der Waals surface area contributed by atoms with Crippen molar-refractivity contribution < 1.29 is 28.7 Å². The fourth-order valence-electron chi connectivity index (χ4n) is 1.42. The Balaban J connectivity index is 0.000000980. The minimum absolute atomic E-state index is 0. The lowest BCUT2D eigenvalue weighted by Crippen LogP contribution is -3.00. The lowest BCUT2D eigenvalue weighted by atomic mass is 10.2. The molecule has 1 heterocycles. The standard InChI is InChI=1S/C10H12N3.HI/c1-12-8-10(13(2)11-12)9-6-4-3-5-7-9;/h3-8H,1-2H3;1H/q+1;/p-1. The molecule has 1 aromatic heterocycles. The molecule has 74 valence electrons. The highest BCUT2D eigenvalue weighted by atomic mass is 127. The summed E-state index contributed by atoms with van der Waals surface area (Å²) < 4.78 is 3.68. The second-order valence-corrected chi connectivity index (χ2v) is 3.07. The van der Waals surface area contributed by atoms with Crippen molar-refractivity contribution in [2.75, 3.05) is 0 Å². The first-order valence-electron chi connectivity index (χ1n) is 4.23. The number of aromatic nitrogens is 3. The van der Waals surface area contributed by atoms with Crippen LogP contribution in [-0.2, 0) is 14.1 Å². The van der Waals surface area contributed by atoms with E-state index in [9.17, 15) is 0 Å². The van der Waals surface area contributed by atoms with Crippen molar-refractivity contribution in [1.29, 1.82) is 0 Å². The topological polar surface area (TPSA) is 21.7 Å². The van der Waals surface area contributed by atoms with E-state index in [4.69, 9.17) is 0 Å². The molecule has 0 amide bonds. The van der Waals surface area contributed by atoms with Crippen LogP contribution in [-0.4, -0.2) is 9.90 Å². The van der Waals surface area contributed by atoms with Gasteiger partial charge in [0.25, 0.3) is 0 Å². The Hall–Kier alpha value is -0.910. The third kappa shape index (κ3) is 2.12. The summed E-state index contributed by atoms with van der Waals surface area (Å²) in [6.07, 6.45) is 2.01. The Morgan fingerprint density at radius 1 is 1.21 bits per heavy atom. The summed E-state index contributed by atoms with van der Waals surface area (Å²) in [5.74, 6) is 0. The van der Waals surface area contributed by atoms with Crippen molar-refractivity contribution in [2.45, 2.75) is 0 Å². The van der Waals surface area contributed by atoms with Gasteiger partial charge in [-0.15, -0.1) is 9.36 Å². The molecule has 0 aliphatic rings. The monoisotopic (exact) mass is 301 g/mol. The highest BCUT2D eigenvalue weighted by molar-refractivity contribution is 5.56. The van der Waals surface area contributed by atoms with Gasteiger partial charge in [-0.2, -0.15) is 0 Å². The minimum Gasteiger partial charge on any atom is -1.00 e. The number of rotatable bonds is 1. The number of benzene rings is 1. The van der Waals surface area contributed by atoms with Crippen LogP contribution >= 0.6 is 0 Å². The van der Waals surface area contributed by atoms with Gasteiger partial charge in [-0.3, -0.25) is 0 Å². The molecule has 2 rings (SSSR count). The molecule has 0 N–H and O–H groups in total. The quantitative estimate of drug-likeness (QED) is 0.437. The first-order chi connectivity index (χ1) is 6.27. The van der Waals surface area contributed by atoms with Crippen LogP contribution in [0.1, 0.15) is 0 Å². The SMILES string of the molecule is Cn1n[n+](C)cc1-c1ccccc1.[I-]. The normalized spacial score (nSPS) is 9.57. The molecule has 2 aromatic rings. The van der Waals surface area contributed by atoms with E-state index in [1.807, 2.05) is 47.9 Å². The lowest BCUT2D eigenvalue weighted by Gasteiger charge is -1.92. The molecule has 3 nitrogen and oxygen atoms in total. The van der Waals surface area contributed by atoms with Crippen molar-refractivity contribution >= 4 is 0 Å². The molecule has 0 aliphatic heterocycles. The fraction of sp³-hybridized carbons (Fsp3) is 0.200. The molecular weight excluding hydrogens is 289 g/mol. The van der Waals surface area contributed by atoms with E-state index in [1.54, 1.807) is 0 Å². The van der Waals surface area contributed by atoms with E-state index >= 15 is 0 Å². The number of halogens is 1. The second-order valence-electron chi connectivity index (χ2n) is 3.07. The molecule has 0 saturated carbocycles. The largest absolute Gasteiger partial charge is 1.00 e. The smallest absolute Gasteiger partial charge is 0.197 e. The van der Waals surface area contributed by atoms with Gasteiger partial charge in [-0.1, -0.05) is 30.3 Å². The van der Waals surface area contributed by atoms with Crippen molar-refractivity contribution in [3.8, 4) is 11.3 Å². The van der Waals surface area contributed by atoms with Crippen LogP contribution in [0.15, 0.2) is 36.5 Å². The van der Waals surface area contributed by atoms with Crippen molar-refractivity contribution in [3.63, 3.8) is 0 Å². The molecule has 0 spiro atoms. The van der Waals surface area contributed by atoms with Gasteiger partial charge < -0.3 is 24.0 Å². The van der Waals surface area contributed by atoms with Gasteiger partial charge in [-0.05, 0) is 0 Å². The van der Waals surface area contributed by atoms with Crippen LogP contribution in [0.25, 0.3) is 11.3 Å². The summed E-state index contributed by atoms with van der Waals surface area (Å²) in [6, 6.07) is 10.2. The van der Waals surface area contributed by atoms with Crippen LogP contribution in [0.4, 0.5) is 0 Å². The second kappa shape index (κ2) is 4.54. The van der Waals surface area contributed by atoms with Gasteiger partial charge in [0.15, 0.2) is 11.9 Å². The maximum Gasteiger partial charge on any atom is 0.197 e. The Morgan fingerprint density at radius 3 is 2.36 bits per heavy atom. The van der Waals surface area contributed by atoms with Crippen LogP contribution in [0, 0.1) is 0 Å². The van der Waals surface area contributed by atoms with Crippen LogP contribution in [0.5, 0.6) is 0 Å². The van der Waals surface area contributed by atoms with Gasteiger partial charge in [0.1, 0.15) is 14.1 Å². The zero-order valence-corrected chi connectivity index (χ0v) is 10.3. The number of hydrogen-bond donors (Lipinski definition) is 0. The van der Waals surface area contributed by atoms with E-state index in [-0.39, 0.29) is 24.0 Å². The number of aryl methyl sites for hydroxylation is 2. The average Bonchev–Trinajstić information content (AvgIpc) is 2.47. The molecule has 0 saturated heterocycles. The number of hydrogen-bond acceptors (Lipinski definition) is 1. The van der Waals surface area contributed by atoms with E-state index < -0.39 is 0 Å². The van der Waals surface area contributed by atoms with Crippen molar-refractivity contribution in [3.05, 3.63) is 36.5 Å². The van der Waals surface area contributed by atoms with Crippen molar-refractivity contribution in [1.82, 2.24) is 9.90 Å². The predicted octanol–water partition coefficient (Wildman–Crippen LogP) is -2.08. The predicted molar refractivity (Wildman–Crippen MR) is 49.8 cm³/mol. The molecule has 0 fully saturated rings. The Labute approximate surface area is 100 Å². The molecule has 0 aliphatic carbocycles. The molecule has 4 heteroatoms.